The Bertz CT molecular complexity index is 345. The molecule has 0 saturated heterocycles. The Morgan fingerprint density at radius 2 is 2.31 bits per heavy atom. The Morgan fingerprint density at radius 1 is 1.56 bits per heavy atom. The van der Waals surface area contributed by atoms with Crippen LogP contribution in [0.2, 0.25) is 0 Å². The Labute approximate surface area is 93.4 Å². The van der Waals surface area contributed by atoms with E-state index in [0.717, 1.165) is 5.76 Å². The van der Waals surface area contributed by atoms with E-state index in [-0.39, 0.29) is 12.3 Å². The van der Waals surface area contributed by atoms with Gasteiger partial charge in [0, 0.05) is 12.8 Å². The average molecular weight is 225 g/mol. The molecule has 0 spiro atoms. The fraction of sp³-hybridized carbons (Fsp3) is 0.455. The molecule has 88 valence electrons. The van der Waals surface area contributed by atoms with E-state index in [9.17, 15) is 9.59 Å². The molecule has 1 aromatic rings. The van der Waals surface area contributed by atoms with Crippen LogP contribution < -0.4 is 5.32 Å². The molecule has 0 aliphatic heterocycles. The first-order valence-corrected chi connectivity index (χ1v) is 5.18. The second-order valence-corrected chi connectivity index (χ2v) is 3.45. The van der Waals surface area contributed by atoms with Crippen molar-refractivity contribution in [2.45, 2.75) is 32.2 Å². The van der Waals surface area contributed by atoms with Gasteiger partial charge in [0.15, 0.2) is 0 Å². The number of carbonyl (C=O) groups excluding carboxylic acids is 1. The molecule has 1 rings (SSSR count). The van der Waals surface area contributed by atoms with E-state index in [1.165, 1.54) is 0 Å². The maximum absolute atomic E-state index is 11.4. The SMILES string of the molecule is CC[C@H](NC(=O)CCc1ccco1)C(=O)O. The predicted octanol–water partition coefficient (Wildman–Crippen LogP) is 1.19. The lowest BCUT2D eigenvalue weighted by Crippen LogP contribution is -2.40. The molecule has 0 unspecified atom stereocenters. The van der Waals surface area contributed by atoms with Crippen molar-refractivity contribution in [1.82, 2.24) is 5.32 Å². The minimum Gasteiger partial charge on any atom is -0.480 e. The summed E-state index contributed by atoms with van der Waals surface area (Å²) in [7, 11) is 0. The maximum Gasteiger partial charge on any atom is 0.326 e. The molecule has 5 nitrogen and oxygen atoms in total. The van der Waals surface area contributed by atoms with E-state index in [4.69, 9.17) is 9.52 Å². The maximum atomic E-state index is 11.4. The predicted molar refractivity (Wildman–Crippen MR) is 56.9 cm³/mol. The van der Waals surface area contributed by atoms with Crippen molar-refractivity contribution in [1.29, 1.82) is 0 Å². The summed E-state index contributed by atoms with van der Waals surface area (Å²) in [4.78, 5) is 22.1. The minimum atomic E-state index is -1.01. The third-order valence-electron chi connectivity index (χ3n) is 2.22. The van der Waals surface area contributed by atoms with Crippen LogP contribution in [0.5, 0.6) is 0 Å². The van der Waals surface area contributed by atoms with Crippen molar-refractivity contribution in [3.63, 3.8) is 0 Å². The van der Waals surface area contributed by atoms with Crippen LogP contribution in [0, 0.1) is 0 Å². The fourth-order valence-corrected chi connectivity index (χ4v) is 1.30. The van der Waals surface area contributed by atoms with Gasteiger partial charge in [0.1, 0.15) is 11.8 Å². The number of hydrogen-bond donors (Lipinski definition) is 2. The highest BCUT2D eigenvalue weighted by Crippen LogP contribution is 2.03. The van der Waals surface area contributed by atoms with Crippen molar-refractivity contribution < 1.29 is 19.1 Å². The second-order valence-electron chi connectivity index (χ2n) is 3.45. The highest BCUT2D eigenvalue weighted by atomic mass is 16.4. The van der Waals surface area contributed by atoms with E-state index in [1.807, 2.05) is 0 Å². The van der Waals surface area contributed by atoms with Crippen LogP contribution in [0.1, 0.15) is 25.5 Å². The number of carbonyl (C=O) groups is 2. The van der Waals surface area contributed by atoms with Crippen LogP contribution in [0.4, 0.5) is 0 Å². The lowest BCUT2D eigenvalue weighted by Gasteiger charge is -2.11. The number of carboxylic acids is 1. The largest absolute Gasteiger partial charge is 0.480 e. The molecule has 5 heteroatoms. The summed E-state index contributed by atoms with van der Waals surface area (Å²) in [6, 6.07) is 2.73. The van der Waals surface area contributed by atoms with Crippen molar-refractivity contribution >= 4 is 11.9 Å². The van der Waals surface area contributed by atoms with Crippen LogP contribution in [-0.4, -0.2) is 23.0 Å². The van der Waals surface area contributed by atoms with Gasteiger partial charge in [-0.1, -0.05) is 6.92 Å². The van der Waals surface area contributed by atoms with Crippen LogP contribution >= 0.6 is 0 Å². The molecule has 2 N–H and O–H groups in total. The van der Waals surface area contributed by atoms with Crippen LogP contribution in [0.25, 0.3) is 0 Å². The van der Waals surface area contributed by atoms with Crippen LogP contribution in [-0.2, 0) is 16.0 Å². The van der Waals surface area contributed by atoms with Crippen molar-refractivity contribution in [3.05, 3.63) is 24.2 Å². The molecule has 0 bridgehead atoms. The molecule has 0 radical (unpaired) electrons. The third-order valence-corrected chi connectivity index (χ3v) is 2.22. The van der Waals surface area contributed by atoms with E-state index < -0.39 is 12.0 Å². The van der Waals surface area contributed by atoms with Crippen molar-refractivity contribution in [2.24, 2.45) is 0 Å². The first-order valence-electron chi connectivity index (χ1n) is 5.18. The Morgan fingerprint density at radius 3 is 2.81 bits per heavy atom. The van der Waals surface area contributed by atoms with E-state index >= 15 is 0 Å². The zero-order chi connectivity index (χ0) is 12.0. The molecular weight excluding hydrogens is 210 g/mol. The fourth-order valence-electron chi connectivity index (χ4n) is 1.30. The number of amides is 1. The highest BCUT2D eigenvalue weighted by molar-refractivity contribution is 5.83. The lowest BCUT2D eigenvalue weighted by molar-refractivity contribution is -0.141. The molecule has 0 aliphatic carbocycles. The Balaban J connectivity index is 2.33. The summed E-state index contributed by atoms with van der Waals surface area (Å²) in [6.07, 6.45) is 2.63. The first-order chi connectivity index (χ1) is 7.63. The molecule has 16 heavy (non-hydrogen) atoms. The van der Waals surface area contributed by atoms with E-state index in [0.29, 0.717) is 12.8 Å². The molecule has 1 atom stereocenters. The zero-order valence-corrected chi connectivity index (χ0v) is 9.10. The van der Waals surface area contributed by atoms with E-state index in [2.05, 4.69) is 5.32 Å². The van der Waals surface area contributed by atoms with Gasteiger partial charge in [0.25, 0.3) is 0 Å². The summed E-state index contributed by atoms with van der Waals surface area (Å²) < 4.78 is 5.07. The van der Waals surface area contributed by atoms with Gasteiger partial charge in [-0.05, 0) is 18.6 Å². The molecule has 0 saturated carbocycles. The molecule has 1 amide bonds. The summed E-state index contributed by atoms with van der Waals surface area (Å²) in [5.41, 5.74) is 0. The molecule has 1 heterocycles. The van der Waals surface area contributed by atoms with Gasteiger partial charge < -0.3 is 14.8 Å². The van der Waals surface area contributed by atoms with Gasteiger partial charge in [-0.3, -0.25) is 4.79 Å². The zero-order valence-electron chi connectivity index (χ0n) is 9.10. The second kappa shape index (κ2) is 5.95. The number of rotatable bonds is 6. The molecular formula is C11H15NO4. The number of nitrogens with one attached hydrogen (secondary N) is 1. The van der Waals surface area contributed by atoms with Gasteiger partial charge in [0.2, 0.25) is 5.91 Å². The van der Waals surface area contributed by atoms with Crippen LogP contribution in [0.3, 0.4) is 0 Å². The van der Waals surface area contributed by atoms with E-state index in [1.54, 1.807) is 25.3 Å². The number of carboxylic acid groups (broad SMARTS) is 1. The summed E-state index contributed by atoms with van der Waals surface area (Å²) in [6.45, 7) is 1.71. The molecule has 1 aromatic heterocycles. The van der Waals surface area contributed by atoms with Crippen LogP contribution in [0.15, 0.2) is 22.8 Å². The number of furan rings is 1. The monoisotopic (exact) mass is 225 g/mol. The lowest BCUT2D eigenvalue weighted by atomic mass is 10.2. The number of hydrogen-bond acceptors (Lipinski definition) is 3. The number of aryl methyl sites for hydroxylation is 1. The summed E-state index contributed by atoms with van der Waals surface area (Å²) in [5, 5.41) is 11.2. The smallest absolute Gasteiger partial charge is 0.326 e. The molecule has 0 fully saturated rings. The highest BCUT2D eigenvalue weighted by Gasteiger charge is 2.17. The van der Waals surface area contributed by atoms with Gasteiger partial charge in [0.05, 0.1) is 6.26 Å². The quantitative estimate of drug-likeness (QED) is 0.762. The standard InChI is InChI=1S/C11H15NO4/c1-2-9(11(14)15)12-10(13)6-5-8-4-3-7-16-8/h3-4,7,9H,2,5-6H2,1H3,(H,12,13)(H,14,15)/t9-/m0/s1. The average Bonchev–Trinajstić information content (AvgIpc) is 2.75. The van der Waals surface area contributed by atoms with Gasteiger partial charge in [-0.25, -0.2) is 4.79 Å². The molecule has 0 aliphatic rings. The van der Waals surface area contributed by atoms with Gasteiger partial charge in [-0.15, -0.1) is 0 Å². The number of aliphatic carboxylic acids is 1. The van der Waals surface area contributed by atoms with Gasteiger partial charge in [-0.2, -0.15) is 0 Å². The normalized spacial score (nSPS) is 12.1. The minimum absolute atomic E-state index is 0.233. The van der Waals surface area contributed by atoms with Crippen molar-refractivity contribution in [3.8, 4) is 0 Å². The Kier molecular flexibility index (Phi) is 4.57. The Hall–Kier alpha value is -1.78. The topological polar surface area (TPSA) is 79.5 Å². The summed E-state index contributed by atoms with van der Waals surface area (Å²) >= 11 is 0. The molecule has 0 aromatic carbocycles. The first kappa shape index (κ1) is 12.3. The van der Waals surface area contributed by atoms with Gasteiger partial charge >= 0.3 is 5.97 Å². The summed E-state index contributed by atoms with van der Waals surface area (Å²) in [5.74, 6) is -0.557. The van der Waals surface area contributed by atoms with Crippen molar-refractivity contribution in [2.75, 3.05) is 0 Å². The third kappa shape index (κ3) is 3.76.